The highest BCUT2D eigenvalue weighted by molar-refractivity contribution is 9.10. The zero-order valence-electron chi connectivity index (χ0n) is 14.8. The summed E-state index contributed by atoms with van der Waals surface area (Å²) in [5.41, 5.74) is 3.12. The van der Waals surface area contributed by atoms with Crippen LogP contribution < -0.4 is 15.5 Å². The molecule has 0 radical (unpaired) electrons. The van der Waals surface area contributed by atoms with Crippen molar-refractivity contribution in [2.45, 2.75) is 13.8 Å². The summed E-state index contributed by atoms with van der Waals surface area (Å²) in [6.45, 7) is 4.14. The van der Waals surface area contributed by atoms with Crippen LogP contribution >= 0.6 is 15.9 Å². The summed E-state index contributed by atoms with van der Waals surface area (Å²) in [7, 11) is 3.64. The molecule has 0 aliphatic carbocycles. The molecule has 7 nitrogen and oxygen atoms in total. The van der Waals surface area contributed by atoms with Gasteiger partial charge in [0.15, 0.2) is 13.1 Å². The van der Waals surface area contributed by atoms with Crippen molar-refractivity contribution >= 4 is 39.1 Å². The van der Waals surface area contributed by atoms with Gasteiger partial charge in [0, 0.05) is 11.5 Å². The number of nitrogens with zero attached hydrogens (tertiary/aromatic N) is 2. The van der Waals surface area contributed by atoms with Crippen molar-refractivity contribution in [2.24, 2.45) is 7.05 Å². The predicted molar refractivity (Wildman–Crippen MR) is 101 cm³/mol. The second kappa shape index (κ2) is 8.26. The number of carbonyl (C=O) groups is 2. The van der Waals surface area contributed by atoms with Crippen LogP contribution in [0.15, 0.2) is 28.7 Å². The second-order valence-electron chi connectivity index (χ2n) is 6.06. The van der Waals surface area contributed by atoms with Crippen molar-refractivity contribution in [2.75, 3.05) is 30.8 Å². The zero-order valence-corrected chi connectivity index (χ0v) is 16.4. The molecular weight excluding hydrogens is 386 g/mol. The largest absolute Gasteiger partial charge is 0.322 e. The molecule has 2 aromatic rings. The Bertz CT molecular complexity index is 787. The van der Waals surface area contributed by atoms with Crippen LogP contribution in [0.5, 0.6) is 0 Å². The van der Waals surface area contributed by atoms with E-state index in [9.17, 15) is 9.59 Å². The molecule has 8 heteroatoms. The quantitative estimate of drug-likeness (QED) is 0.663. The summed E-state index contributed by atoms with van der Waals surface area (Å²) in [5.74, 6) is -0.295. The van der Waals surface area contributed by atoms with Gasteiger partial charge >= 0.3 is 0 Å². The van der Waals surface area contributed by atoms with Gasteiger partial charge in [0.25, 0.3) is 11.8 Å². The fourth-order valence-corrected chi connectivity index (χ4v) is 2.89. The van der Waals surface area contributed by atoms with Crippen LogP contribution in [0.4, 0.5) is 11.4 Å². The molecule has 0 saturated carbocycles. The highest BCUT2D eigenvalue weighted by Crippen LogP contribution is 2.20. The van der Waals surface area contributed by atoms with Gasteiger partial charge in [-0.25, -0.2) is 0 Å². The van der Waals surface area contributed by atoms with Crippen molar-refractivity contribution < 1.29 is 14.5 Å². The fraction of sp³-hybridized carbons (Fsp3) is 0.353. The second-order valence-corrected chi connectivity index (χ2v) is 6.91. The monoisotopic (exact) mass is 408 g/mol. The number of nitrogens with one attached hydrogen (secondary N) is 3. The van der Waals surface area contributed by atoms with Crippen molar-refractivity contribution in [3.63, 3.8) is 0 Å². The van der Waals surface area contributed by atoms with Crippen molar-refractivity contribution in [3.05, 3.63) is 40.1 Å². The zero-order chi connectivity index (χ0) is 18.6. The molecule has 3 N–H and O–H groups in total. The molecule has 1 aromatic heterocycles. The van der Waals surface area contributed by atoms with E-state index in [2.05, 4.69) is 31.7 Å². The van der Waals surface area contributed by atoms with Crippen LogP contribution in [0.1, 0.15) is 11.4 Å². The van der Waals surface area contributed by atoms with Crippen molar-refractivity contribution in [1.29, 1.82) is 0 Å². The third-order valence-corrected chi connectivity index (χ3v) is 4.54. The number of rotatable bonds is 6. The van der Waals surface area contributed by atoms with Gasteiger partial charge in [0.05, 0.1) is 29.8 Å². The average molecular weight is 409 g/mol. The molecule has 0 aliphatic heterocycles. The molecule has 2 rings (SSSR count). The summed E-state index contributed by atoms with van der Waals surface area (Å²) in [6.07, 6.45) is 0. The minimum Gasteiger partial charge on any atom is -0.322 e. The summed E-state index contributed by atoms with van der Waals surface area (Å²) >= 11 is 3.39. The van der Waals surface area contributed by atoms with Gasteiger partial charge < -0.3 is 15.5 Å². The Hall–Kier alpha value is -2.19. The standard InChI is InChI=1S/C17H22BrN5O2/c1-11-17(12(2)23(4)21-11)20-16(25)10-22(3)9-15(24)19-14-8-6-5-7-13(14)18/h5-8H,9-10H2,1-4H3,(H,19,24)(H,20,25)/p+1. The lowest BCUT2D eigenvalue weighted by Gasteiger charge is -2.14. The lowest BCUT2D eigenvalue weighted by atomic mass is 10.3. The van der Waals surface area contributed by atoms with Crippen LogP contribution in [0.3, 0.4) is 0 Å². The van der Waals surface area contributed by atoms with E-state index in [1.807, 2.05) is 52.2 Å². The summed E-state index contributed by atoms with van der Waals surface area (Å²) in [5, 5.41) is 9.99. The number of hydrogen-bond donors (Lipinski definition) is 3. The van der Waals surface area contributed by atoms with E-state index in [1.54, 1.807) is 4.68 Å². The Labute approximate surface area is 155 Å². The molecule has 0 saturated heterocycles. The van der Waals surface area contributed by atoms with E-state index in [0.29, 0.717) is 5.69 Å². The number of aryl methyl sites for hydroxylation is 2. The molecule has 0 spiro atoms. The number of carbonyl (C=O) groups excluding carboxylic acids is 2. The molecule has 25 heavy (non-hydrogen) atoms. The third-order valence-electron chi connectivity index (χ3n) is 3.85. The van der Waals surface area contributed by atoms with Crippen LogP contribution in [0, 0.1) is 13.8 Å². The number of anilines is 2. The maximum absolute atomic E-state index is 12.2. The van der Waals surface area contributed by atoms with Crippen LogP contribution in [-0.2, 0) is 16.6 Å². The molecule has 0 aliphatic rings. The maximum Gasteiger partial charge on any atom is 0.279 e. The molecular formula is C17H23BrN5O2+. The average Bonchev–Trinajstić information content (AvgIpc) is 2.75. The number of likely N-dealkylation sites (N-methyl/N-ethyl adjacent to an activating group) is 1. The van der Waals surface area contributed by atoms with Gasteiger partial charge in [-0.15, -0.1) is 0 Å². The van der Waals surface area contributed by atoms with Crippen LogP contribution in [0.2, 0.25) is 0 Å². The summed E-state index contributed by atoms with van der Waals surface area (Å²) in [4.78, 5) is 25.1. The van der Waals surface area contributed by atoms with Gasteiger partial charge in [-0.3, -0.25) is 14.3 Å². The highest BCUT2D eigenvalue weighted by Gasteiger charge is 2.18. The van der Waals surface area contributed by atoms with E-state index in [-0.39, 0.29) is 24.9 Å². The minimum absolute atomic E-state index is 0.147. The Balaban J connectivity index is 1.87. The Morgan fingerprint density at radius 1 is 1.16 bits per heavy atom. The molecule has 1 atom stereocenters. The molecule has 1 aromatic carbocycles. The predicted octanol–water partition coefficient (Wildman–Crippen LogP) is 0.891. The molecule has 1 heterocycles. The number of benzene rings is 1. The molecule has 134 valence electrons. The van der Waals surface area contributed by atoms with E-state index < -0.39 is 0 Å². The fourth-order valence-electron chi connectivity index (χ4n) is 2.51. The number of aromatic nitrogens is 2. The van der Waals surface area contributed by atoms with Crippen molar-refractivity contribution in [1.82, 2.24) is 9.78 Å². The topological polar surface area (TPSA) is 80.5 Å². The van der Waals surface area contributed by atoms with Crippen molar-refractivity contribution in [3.8, 4) is 0 Å². The van der Waals surface area contributed by atoms with E-state index >= 15 is 0 Å². The number of amides is 2. The number of para-hydroxylation sites is 1. The first kappa shape index (κ1) is 19.1. The number of hydrogen-bond acceptors (Lipinski definition) is 3. The first-order valence-corrected chi connectivity index (χ1v) is 8.73. The van der Waals surface area contributed by atoms with E-state index in [0.717, 1.165) is 26.4 Å². The molecule has 0 fully saturated rings. The lowest BCUT2D eigenvalue weighted by Crippen LogP contribution is -3.11. The normalized spacial score (nSPS) is 11.9. The highest BCUT2D eigenvalue weighted by atomic mass is 79.9. The third kappa shape index (κ3) is 5.14. The molecule has 2 amide bonds. The van der Waals surface area contributed by atoms with E-state index in [4.69, 9.17) is 0 Å². The van der Waals surface area contributed by atoms with E-state index in [1.165, 1.54) is 0 Å². The van der Waals surface area contributed by atoms with Crippen LogP contribution in [-0.4, -0.2) is 41.7 Å². The minimum atomic E-state index is -0.148. The van der Waals surface area contributed by atoms with Gasteiger partial charge in [-0.05, 0) is 41.9 Å². The first-order chi connectivity index (χ1) is 11.8. The Kier molecular flexibility index (Phi) is 6.33. The molecule has 1 unspecified atom stereocenters. The Morgan fingerprint density at radius 3 is 2.32 bits per heavy atom. The summed E-state index contributed by atoms with van der Waals surface area (Å²) < 4.78 is 2.55. The Morgan fingerprint density at radius 2 is 1.76 bits per heavy atom. The first-order valence-electron chi connectivity index (χ1n) is 7.93. The number of quaternary nitrogens is 1. The van der Waals surface area contributed by atoms with Gasteiger partial charge in [-0.1, -0.05) is 12.1 Å². The smallest absolute Gasteiger partial charge is 0.279 e. The molecule has 0 bridgehead atoms. The van der Waals surface area contributed by atoms with Gasteiger partial charge in [-0.2, -0.15) is 5.10 Å². The number of halogens is 1. The lowest BCUT2D eigenvalue weighted by molar-refractivity contribution is -0.862. The summed E-state index contributed by atoms with van der Waals surface area (Å²) in [6, 6.07) is 7.41. The van der Waals surface area contributed by atoms with Gasteiger partial charge in [0.2, 0.25) is 0 Å². The van der Waals surface area contributed by atoms with Gasteiger partial charge in [0.1, 0.15) is 0 Å². The SMILES string of the molecule is Cc1nn(C)c(C)c1NC(=O)C[NH+](C)CC(=O)Nc1ccccc1Br. The maximum atomic E-state index is 12.2. The van der Waals surface area contributed by atoms with Crippen LogP contribution in [0.25, 0.3) is 0 Å².